The van der Waals surface area contributed by atoms with Crippen LogP contribution in [0.15, 0.2) is 45.7 Å². The Morgan fingerprint density at radius 3 is 2.39 bits per heavy atom. The van der Waals surface area contributed by atoms with E-state index in [-0.39, 0.29) is 22.8 Å². The monoisotopic (exact) mass is 450 g/mol. The lowest BCUT2D eigenvalue weighted by molar-refractivity contribution is -0.122. The number of primary amides is 1. The maximum absolute atomic E-state index is 13.5. The van der Waals surface area contributed by atoms with Crippen molar-refractivity contribution in [3.05, 3.63) is 58.7 Å². The minimum Gasteiger partial charge on any atom is -0.418 e. The minimum absolute atomic E-state index is 0.169. The zero-order chi connectivity index (χ0) is 23.9. The second-order valence-corrected chi connectivity index (χ2v) is 9.03. The van der Waals surface area contributed by atoms with Crippen LogP contribution in [-0.2, 0) is 10.2 Å². The first-order valence-electron chi connectivity index (χ1n) is 10.7. The van der Waals surface area contributed by atoms with Gasteiger partial charge in [0.05, 0.1) is 12.1 Å². The van der Waals surface area contributed by atoms with Crippen molar-refractivity contribution in [2.24, 2.45) is 17.6 Å². The molecule has 1 aromatic carbocycles. The van der Waals surface area contributed by atoms with Gasteiger partial charge in [0.2, 0.25) is 17.6 Å². The highest BCUT2D eigenvalue weighted by atomic mass is 16.4. The maximum atomic E-state index is 13.5. The molecular weight excluding hydrogens is 424 g/mol. The third-order valence-corrected chi connectivity index (χ3v) is 6.13. The van der Waals surface area contributed by atoms with Crippen molar-refractivity contribution < 1.29 is 14.0 Å². The van der Waals surface area contributed by atoms with Gasteiger partial charge in [0.1, 0.15) is 17.6 Å². The van der Waals surface area contributed by atoms with E-state index in [2.05, 4.69) is 15.2 Å². The van der Waals surface area contributed by atoms with Crippen LogP contribution in [-0.4, -0.2) is 31.4 Å². The van der Waals surface area contributed by atoms with Crippen LogP contribution < -0.4 is 17.0 Å². The van der Waals surface area contributed by atoms with E-state index in [1.54, 1.807) is 38.1 Å². The lowest BCUT2D eigenvalue weighted by atomic mass is 9.83. The van der Waals surface area contributed by atoms with Gasteiger partial charge in [0.15, 0.2) is 0 Å². The van der Waals surface area contributed by atoms with E-state index in [9.17, 15) is 14.4 Å². The van der Waals surface area contributed by atoms with E-state index in [1.165, 1.54) is 6.20 Å². The molecule has 1 fully saturated rings. The lowest BCUT2D eigenvalue weighted by Crippen LogP contribution is -2.44. The van der Waals surface area contributed by atoms with Crippen LogP contribution in [0.2, 0.25) is 0 Å². The summed E-state index contributed by atoms with van der Waals surface area (Å²) in [6.07, 6.45) is 3.02. The third kappa shape index (κ3) is 4.04. The van der Waals surface area contributed by atoms with Crippen LogP contribution in [0.3, 0.4) is 0 Å². The zero-order valence-electron chi connectivity index (χ0n) is 18.7. The highest BCUT2D eigenvalue weighted by molar-refractivity contribution is 5.97. The summed E-state index contributed by atoms with van der Waals surface area (Å²) in [5.74, 6) is -2.56. The quantitative estimate of drug-likeness (QED) is 0.493. The van der Waals surface area contributed by atoms with Gasteiger partial charge in [-0.3, -0.25) is 19.0 Å². The van der Waals surface area contributed by atoms with E-state index < -0.39 is 35.1 Å². The fourth-order valence-corrected chi connectivity index (χ4v) is 3.93. The van der Waals surface area contributed by atoms with E-state index >= 15 is 0 Å². The molecule has 1 saturated carbocycles. The number of aromatic nitrogens is 4. The molecule has 4 N–H and O–H groups in total. The van der Waals surface area contributed by atoms with Crippen LogP contribution >= 0.6 is 0 Å². The van der Waals surface area contributed by atoms with Gasteiger partial charge in [-0.2, -0.15) is 0 Å². The molecule has 1 amide bonds. The number of nitrogen functional groups attached to an aromatic ring is 1. The second kappa shape index (κ2) is 8.27. The van der Waals surface area contributed by atoms with Gasteiger partial charge in [-0.15, -0.1) is 10.2 Å². The number of nitrogens with zero attached hydrogens (tertiary/aromatic N) is 4. The summed E-state index contributed by atoms with van der Waals surface area (Å²) >= 11 is 0. The zero-order valence-corrected chi connectivity index (χ0v) is 18.7. The molecule has 0 bridgehead atoms. The van der Waals surface area contributed by atoms with Crippen molar-refractivity contribution in [3.63, 3.8) is 0 Å². The third-order valence-electron chi connectivity index (χ3n) is 6.13. The van der Waals surface area contributed by atoms with Gasteiger partial charge >= 0.3 is 0 Å². The van der Waals surface area contributed by atoms with Crippen LogP contribution in [0.5, 0.6) is 0 Å². The molecule has 3 aromatic rings. The number of amides is 1. The average Bonchev–Trinajstić information content (AvgIpc) is 3.33. The van der Waals surface area contributed by atoms with E-state index in [0.29, 0.717) is 11.5 Å². The summed E-state index contributed by atoms with van der Waals surface area (Å²) < 4.78 is 6.79. The molecule has 33 heavy (non-hydrogen) atoms. The van der Waals surface area contributed by atoms with Gasteiger partial charge in [0, 0.05) is 11.0 Å². The van der Waals surface area contributed by atoms with Gasteiger partial charge < -0.3 is 15.9 Å². The number of benzene rings is 1. The lowest BCUT2D eigenvalue weighted by Gasteiger charge is -2.29. The largest absolute Gasteiger partial charge is 0.418 e. The van der Waals surface area contributed by atoms with Crippen molar-refractivity contribution >= 4 is 17.4 Å². The van der Waals surface area contributed by atoms with Gasteiger partial charge in [0.25, 0.3) is 11.4 Å². The number of nitrogens with two attached hydrogens (primary N) is 2. The van der Waals surface area contributed by atoms with Crippen LogP contribution in [0.4, 0.5) is 5.69 Å². The number of hydrogen-bond acceptors (Lipinski definition) is 8. The normalized spacial score (nSPS) is 16.4. The van der Waals surface area contributed by atoms with Gasteiger partial charge in [-0.05, 0) is 18.8 Å². The molecular formula is C23H26N6O4. The first-order chi connectivity index (χ1) is 15.6. The topological polar surface area (TPSA) is 160 Å². The fourth-order valence-electron chi connectivity index (χ4n) is 3.93. The summed E-state index contributed by atoms with van der Waals surface area (Å²) in [5, 5.41) is 7.97. The smallest absolute Gasteiger partial charge is 0.284 e. The molecule has 0 spiro atoms. The Bertz CT molecular complexity index is 1260. The van der Waals surface area contributed by atoms with E-state index in [4.69, 9.17) is 15.9 Å². The Kier molecular flexibility index (Phi) is 5.61. The predicted molar refractivity (Wildman–Crippen MR) is 120 cm³/mol. The molecule has 10 nitrogen and oxygen atoms in total. The molecule has 0 saturated heterocycles. The molecule has 1 aliphatic carbocycles. The Labute approximate surface area is 190 Å². The molecule has 0 aliphatic heterocycles. The standard InChI is InChI=1S/C23H26N6O4/c1-12(2)15(17(30)20-27-28-22(33-20)23(3)9-10-23)16(18(25)31)29-19(13-7-5-4-6-8-13)26-11-14(24)21(29)32/h4-8,11-12,15-16H,9-10,24H2,1-3H3,(H2,25,31)/t15-,16?/m0/s1. The highest BCUT2D eigenvalue weighted by Crippen LogP contribution is 2.47. The highest BCUT2D eigenvalue weighted by Gasteiger charge is 2.46. The van der Waals surface area contributed by atoms with Crippen molar-refractivity contribution in [2.75, 3.05) is 5.73 Å². The molecule has 172 valence electrons. The summed E-state index contributed by atoms with van der Waals surface area (Å²) in [5.41, 5.74) is 11.2. The summed E-state index contributed by atoms with van der Waals surface area (Å²) in [4.78, 5) is 43.8. The second-order valence-electron chi connectivity index (χ2n) is 9.03. The SMILES string of the molecule is CC(C)[C@H](C(=O)c1nnc(C2(C)CC2)o1)C(C(N)=O)n1c(-c2ccccc2)ncc(N)c1=O. The molecule has 2 atom stereocenters. The summed E-state index contributed by atoms with van der Waals surface area (Å²) in [6, 6.07) is 7.44. The Balaban J connectivity index is 1.86. The van der Waals surface area contributed by atoms with E-state index in [1.807, 2.05) is 13.0 Å². The van der Waals surface area contributed by atoms with Crippen LogP contribution in [0.1, 0.15) is 56.2 Å². The number of rotatable bonds is 8. The number of carbonyl (C=O) groups is 2. The van der Waals surface area contributed by atoms with Crippen LogP contribution in [0, 0.1) is 11.8 Å². The molecule has 0 radical (unpaired) electrons. The van der Waals surface area contributed by atoms with E-state index in [0.717, 1.165) is 17.4 Å². The fraction of sp³-hybridized carbons (Fsp3) is 0.391. The van der Waals surface area contributed by atoms with Crippen molar-refractivity contribution in [1.82, 2.24) is 19.7 Å². The average molecular weight is 450 g/mol. The molecule has 10 heteroatoms. The van der Waals surface area contributed by atoms with Crippen molar-refractivity contribution in [2.45, 2.75) is 45.1 Å². The van der Waals surface area contributed by atoms with Gasteiger partial charge in [-0.1, -0.05) is 51.1 Å². The molecule has 1 unspecified atom stereocenters. The molecule has 1 aliphatic rings. The number of anilines is 1. The summed E-state index contributed by atoms with van der Waals surface area (Å²) in [6.45, 7) is 5.49. The Morgan fingerprint density at radius 2 is 1.82 bits per heavy atom. The number of carbonyl (C=O) groups excluding carboxylic acids is 2. The first kappa shape index (κ1) is 22.4. The maximum Gasteiger partial charge on any atom is 0.284 e. The predicted octanol–water partition coefficient (Wildman–Crippen LogP) is 2.11. The number of Topliss-reactive ketones (excluding diaryl/α,β-unsaturated/α-hetero) is 1. The number of ketones is 1. The molecule has 2 heterocycles. The van der Waals surface area contributed by atoms with Crippen molar-refractivity contribution in [1.29, 1.82) is 0 Å². The molecule has 2 aromatic heterocycles. The Hall–Kier alpha value is -3.82. The number of hydrogen-bond donors (Lipinski definition) is 2. The Morgan fingerprint density at radius 1 is 1.15 bits per heavy atom. The van der Waals surface area contributed by atoms with Crippen LogP contribution in [0.25, 0.3) is 11.4 Å². The minimum atomic E-state index is -1.37. The molecule has 4 rings (SSSR count). The van der Waals surface area contributed by atoms with Crippen molar-refractivity contribution in [3.8, 4) is 11.4 Å². The summed E-state index contributed by atoms with van der Waals surface area (Å²) in [7, 11) is 0. The first-order valence-corrected chi connectivity index (χ1v) is 10.7. The van der Waals surface area contributed by atoms with Gasteiger partial charge in [-0.25, -0.2) is 4.98 Å².